The van der Waals surface area contributed by atoms with Crippen LogP contribution in [0.15, 0.2) is 54.6 Å². The number of ketones is 1. The summed E-state index contributed by atoms with van der Waals surface area (Å²) in [5.74, 6) is -0.981. The Morgan fingerprint density at radius 1 is 1.08 bits per heavy atom. The number of rotatable bonds is 6. The van der Waals surface area contributed by atoms with Gasteiger partial charge in [-0.05, 0) is 69.5 Å². The van der Waals surface area contributed by atoms with E-state index in [4.69, 9.17) is 9.47 Å². The van der Waals surface area contributed by atoms with Crippen LogP contribution in [0.2, 0.25) is 0 Å². The van der Waals surface area contributed by atoms with Gasteiger partial charge in [0.1, 0.15) is 5.75 Å². The number of fused-ring (bicyclic) bond motifs is 6. The van der Waals surface area contributed by atoms with E-state index in [-0.39, 0.29) is 17.6 Å². The highest BCUT2D eigenvalue weighted by atomic mass is 16.5. The molecule has 6 rings (SSSR count). The first-order chi connectivity index (χ1) is 18.2. The average molecular weight is 509 g/mol. The number of ether oxygens (including phenoxy) is 2. The van der Waals surface area contributed by atoms with Gasteiger partial charge in [0.2, 0.25) is 11.8 Å². The smallest absolute Gasteiger partial charge is 0.240 e. The summed E-state index contributed by atoms with van der Waals surface area (Å²) in [5, 5.41) is 11.0. The van der Waals surface area contributed by atoms with Gasteiger partial charge in [0.05, 0.1) is 47.0 Å². The van der Waals surface area contributed by atoms with Gasteiger partial charge in [0, 0.05) is 22.8 Å². The Kier molecular flexibility index (Phi) is 5.44. The van der Waals surface area contributed by atoms with Crippen molar-refractivity contribution in [3.05, 3.63) is 71.3 Å². The Hall–Kier alpha value is -4.02. The van der Waals surface area contributed by atoms with Crippen LogP contribution in [-0.2, 0) is 14.3 Å². The lowest BCUT2D eigenvalue weighted by molar-refractivity contribution is -0.131. The van der Waals surface area contributed by atoms with Crippen molar-refractivity contribution in [2.24, 2.45) is 11.8 Å². The number of Topliss-reactive ketones (excluding diaryl/α,β-unsaturated/α-hetero) is 1. The normalized spacial score (nSPS) is 27.6. The summed E-state index contributed by atoms with van der Waals surface area (Å²) in [6.07, 6.45) is 1.84. The molecule has 3 aromatic carbocycles. The van der Waals surface area contributed by atoms with Crippen LogP contribution in [0.3, 0.4) is 0 Å². The SMILES string of the molecule is CC(=O)c1ccc(OCC[C@@]23CC[C@@](C)(O2)[C@H]2C(=O)N(c4ccc(C#N)c5ccccc45)C(=O)[C@H]23)cc1C. The summed E-state index contributed by atoms with van der Waals surface area (Å²) in [6, 6.07) is 18.3. The molecule has 0 aliphatic carbocycles. The van der Waals surface area contributed by atoms with E-state index in [1.807, 2.05) is 44.2 Å². The molecular formula is C31H28N2O5. The molecule has 0 N–H and O–H groups in total. The summed E-state index contributed by atoms with van der Waals surface area (Å²) < 4.78 is 12.6. The summed E-state index contributed by atoms with van der Waals surface area (Å²) in [5.41, 5.74) is 1.03. The van der Waals surface area contributed by atoms with Crippen molar-refractivity contribution in [2.75, 3.05) is 11.5 Å². The van der Waals surface area contributed by atoms with Crippen LogP contribution in [0.5, 0.6) is 5.75 Å². The lowest BCUT2D eigenvalue weighted by Crippen LogP contribution is -2.43. The number of carbonyl (C=O) groups is 3. The number of anilines is 1. The van der Waals surface area contributed by atoms with Crippen LogP contribution in [-0.4, -0.2) is 35.4 Å². The van der Waals surface area contributed by atoms with E-state index in [1.54, 1.807) is 24.3 Å². The molecule has 192 valence electrons. The molecule has 3 heterocycles. The molecule has 3 fully saturated rings. The van der Waals surface area contributed by atoms with Crippen molar-refractivity contribution < 1.29 is 23.9 Å². The van der Waals surface area contributed by atoms with E-state index in [2.05, 4.69) is 6.07 Å². The zero-order valence-corrected chi connectivity index (χ0v) is 21.6. The van der Waals surface area contributed by atoms with Crippen molar-refractivity contribution in [3.8, 4) is 11.8 Å². The van der Waals surface area contributed by atoms with Gasteiger partial charge in [-0.1, -0.05) is 24.3 Å². The molecule has 2 amide bonds. The molecule has 3 aromatic rings. The average Bonchev–Trinajstić information content (AvgIpc) is 3.47. The molecule has 38 heavy (non-hydrogen) atoms. The Morgan fingerprint density at radius 3 is 2.53 bits per heavy atom. The fourth-order valence-corrected chi connectivity index (χ4v) is 6.89. The maximum absolute atomic E-state index is 14.0. The first-order valence-electron chi connectivity index (χ1n) is 12.9. The topological polar surface area (TPSA) is 96.7 Å². The predicted molar refractivity (Wildman–Crippen MR) is 141 cm³/mol. The summed E-state index contributed by atoms with van der Waals surface area (Å²) in [6.45, 7) is 5.67. The third-order valence-electron chi connectivity index (χ3n) is 8.65. The number of aryl methyl sites for hydroxylation is 1. The lowest BCUT2D eigenvalue weighted by Gasteiger charge is -2.31. The maximum atomic E-state index is 14.0. The van der Waals surface area contributed by atoms with Gasteiger partial charge in [-0.15, -0.1) is 0 Å². The zero-order chi connectivity index (χ0) is 26.8. The van der Waals surface area contributed by atoms with Crippen molar-refractivity contribution in [1.29, 1.82) is 5.26 Å². The molecule has 0 radical (unpaired) electrons. The fraction of sp³-hybridized carbons (Fsp3) is 0.355. The molecule has 7 heteroatoms. The van der Waals surface area contributed by atoms with Crippen LogP contribution in [0.4, 0.5) is 5.69 Å². The highest BCUT2D eigenvalue weighted by Crippen LogP contribution is 2.62. The Balaban J connectivity index is 1.29. The second-order valence-corrected chi connectivity index (χ2v) is 10.9. The van der Waals surface area contributed by atoms with E-state index >= 15 is 0 Å². The summed E-state index contributed by atoms with van der Waals surface area (Å²) in [7, 11) is 0. The van der Waals surface area contributed by atoms with Gasteiger partial charge < -0.3 is 9.47 Å². The Morgan fingerprint density at radius 2 is 1.82 bits per heavy atom. The molecule has 7 nitrogen and oxygen atoms in total. The number of carbonyl (C=O) groups excluding carboxylic acids is 3. The van der Waals surface area contributed by atoms with Crippen molar-refractivity contribution in [2.45, 2.75) is 51.2 Å². The number of hydrogen-bond donors (Lipinski definition) is 0. The number of hydrogen-bond acceptors (Lipinski definition) is 6. The third-order valence-corrected chi connectivity index (χ3v) is 8.65. The second-order valence-electron chi connectivity index (χ2n) is 10.9. The van der Waals surface area contributed by atoms with Crippen LogP contribution in [0.25, 0.3) is 10.8 Å². The molecule has 3 saturated heterocycles. The fourth-order valence-electron chi connectivity index (χ4n) is 6.89. The minimum absolute atomic E-state index is 0.00702. The lowest BCUT2D eigenvalue weighted by atomic mass is 9.67. The number of nitrogens with zero attached hydrogens (tertiary/aromatic N) is 2. The van der Waals surface area contributed by atoms with Gasteiger partial charge in [0.15, 0.2) is 5.78 Å². The monoisotopic (exact) mass is 508 g/mol. The largest absolute Gasteiger partial charge is 0.493 e. The number of imide groups is 1. The van der Waals surface area contributed by atoms with E-state index in [9.17, 15) is 19.6 Å². The maximum Gasteiger partial charge on any atom is 0.240 e. The van der Waals surface area contributed by atoms with Crippen LogP contribution < -0.4 is 9.64 Å². The molecular weight excluding hydrogens is 480 g/mol. The van der Waals surface area contributed by atoms with E-state index in [0.29, 0.717) is 59.2 Å². The zero-order valence-electron chi connectivity index (χ0n) is 21.6. The van der Waals surface area contributed by atoms with Gasteiger partial charge in [-0.25, -0.2) is 4.90 Å². The Bertz CT molecular complexity index is 1570. The van der Waals surface area contributed by atoms with Crippen LogP contribution in [0, 0.1) is 30.1 Å². The Labute approximate surface area is 220 Å². The van der Waals surface area contributed by atoms with Gasteiger partial charge >= 0.3 is 0 Å². The molecule has 3 aliphatic rings. The molecule has 0 spiro atoms. The highest BCUT2D eigenvalue weighted by molar-refractivity contribution is 6.26. The molecule has 0 aromatic heterocycles. The second kappa shape index (κ2) is 8.50. The number of amides is 2. The molecule has 3 aliphatic heterocycles. The van der Waals surface area contributed by atoms with Gasteiger partial charge in [0.25, 0.3) is 0 Å². The molecule has 2 bridgehead atoms. The highest BCUT2D eigenvalue weighted by Gasteiger charge is 2.73. The minimum atomic E-state index is -0.780. The molecule has 0 unspecified atom stereocenters. The first kappa shape index (κ1) is 24.3. The third kappa shape index (κ3) is 3.40. The number of nitriles is 1. The molecule has 0 saturated carbocycles. The van der Waals surface area contributed by atoms with Crippen molar-refractivity contribution >= 4 is 34.1 Å². The predicted octanol–water partition coefficient (Wildman–Crippen LogP) is 5.12. The first-order valence-corrected chi connectivity index (χ1v) is 12.9. The van der Waals surface area contributed by atoms with E-state index in [1.165, 1.54) is 11.8 Å². The van der Waals surface area contributed by atoms with Gasteiger partial charge in [-0.2, -0.15) is 5.26 Å². The minimum Gasteiger partial charge on any atom is -0.493 e. The molecule has 4 atom stereocenters. The number of benzene rings is 3. The quantitative estimate of drug-likeness (QED) is 0.339. The van der Waals surface area contributed by atoms with Crippen LogP contribution >= 0.6 is 0 Å². The van der Waals surface area contributed by atoms with Crippen molar-refractivity contribution in [1.82, 2.24) is 0 Å². The standard InChI is InChI=1S/C31H28N2O5/c1-18-16-21(9-10-22(18)19(2)34)37-15-14-31-13-12-30(3,38-31)26-27(31)29(36)33(28(26)35)25-11-8-20(17-32)23-6-4-5-7-24(23)25/h4-11,16,26-27H,12-15H2,1-3H3/t26-,27+,30-,31-/m1/s1. The van der Waals surface area contributed by atoms with Crippen molar-refractivity contribution in [3.63, 3.8) is 0 Å². The van der Waals surface area contributed by atoms with Crippen LogP contribution in [0.1, 0.15) is 54.6 Å². The van der Waals surface area contributed by atoms with E-state index in [0.717, 1.165) is 5.56 Å². The van der Waals surface area contributed by atoms with Gasteiger partial charge in [-0.3, -0.25) is 14.4 Å². The summed E-state index contributed by atoms with van der Waals surface area (Å²) in [4.78, 5) is 40.9. The van der Waals surface area contributed by atoms with E-state index < -0.39 is 23.0 Å². The summed E-state index contributed by atoms with van der Waals surface area (Å²) >= 11 is 0.